The molecular weight excluding hydrogens is 468 g/mol. The molecule has 3 rings (SSSR count). The van der Waals surface area contributed by atoms with E-state index in [0.29, 0.717) is 22.8 Å². The lowest BCUT2D eigenvalue weighted by molar-refractivity contribution is -0.118. The number of ether oxygens (including phenoxy) is 3. The second-order valence-corrected chi connectivity index (χ2v) is 9.54. The summed E-state index contributed by atoms with van der Waals surface area (Å²) in [5.74, 6) is 2.22. The third-order valence-electron chi connectivity index (χ3n) is 4.05. The highest BCUT2D eigenvalue weighted by Crippen LogP contribution is 2.39. The van der Waals surface area contributed by atoms with Crippen molar-refractivity contribution in [2.24, 2.45) is 5.10 Å². The Hall–Kier alpha value is -2.76. The van der Waals surface area contributed by atoms with Crippen molar-refractivity contribution >= 4 is 47.0 Å². The lowest BCUT2D eigenvalue weighted by Crippen LogP contribution is -2.19. The Kier molecular flexibility index (Phi) is 9.20. The predicted octanol–water partition coefficient (Wildman–Crippen LogP) is 4.10. The molecule has 3 aromatic rings. The van der Waals surface area contributed by atoms with Gasteiger partial charge < -0.3 is 14.2 Å². The summed E-state index contributed by atoms with van der Waals surface area (Å²) in [6, 6.07) is 13.7. The van der Waals surface area contributed by atoms with E-state index in [4.69, 9.17) is 14.2 Å². The molecule has 8 nitrogen and oxygen atoms in total. The van der Waals surface area contributed by atoms with Gasteiger partial charge in [-0.15, -0.1) is 10.2 Å². The molecule has 0 aliphatic heterocycles. The molecule has 0 unspecified atom stereocenters. The highest BCUT2D eigenvalue weighted by atomic mass is 32.2. The van der Waals surface area contributed by atoms with Crippen LogP contribution in [-0.2, 0) is 10.5 Å². The van der Waals surface area contributed by atoms with Gasteiger partial charge in [-0.25, -0.2) is 5.43 Å². The Morgan fingerprint density at radius 1 is 1.00 bits per heavy atom. The first-order valence-corrected chi connectivity index (χ1v) is 12.2. The lowest BCUT2D eigenvalue weighted by Gasteiger charge is -2.13. The van der Waals surface area contributed by atoms with E-state index in [-0.39, 0.29) is 11.7 Å². The Morgan fingerprint density at radius 2 is 1.72 bits per heavy atom. The molecular formula is C21H22N4O4S3. The summed E-state index contributed by atoms with van der Waals surface area (Å²) in [6.45, 7) is 0. The van der Waals surface area contributed by atoms with Gasteiger partial charge in [-0.3, -0.25) is 4.79 Å². The molecule has 168 valence electrons. The maximum absolute atomic E-state index is 12.1. The minimum absolute atomic E-state index is 0.179. The minimum atomic E-state index is -0.251. The highest BCUT2D eigenvalue weighted by molar-refractivity contribution is 8.03. The second kappa shape index (κ2) is 12.3. The monoisotopic (exact) mass is 490 g/mol. The lowest BCUT2D eigenvalue weighted by atomic mass is 10.2. The molecule has 32 heavy (non-hydrogen) atoms. The van der Waals surface area contributed by atoms with E-state index in [0.717, 1.165) is 14.4 Å². The van der Waals surface area contributed by atoms with Crippen LogP contribution in [0.25, 0.3) is 0 Å². The van der Waals surface area contributed by atoms with Crippen LogP contribution in [0.2, 0.25) is 0 Å². The Morgan fingerprint density at radius 3 is 2.41 bits per heavy atom. The molecule has 1 N–H and O–H groups in total. The van der Waals surface area contributed by atoms with Crippen LogP contribution < -0.4 is 19.6 Å². The molecule has 11 heteroatoms. The van der Waals surface area contributed by atoms with Crippen molar-refractivity contribution in [1.29, 1.82) is 0 Å². The number of hydrogen-bond donors (Lipinski definition) is 1. The Labute approximate surface area is 198 Å². The van der Waals surface area contributed by atoms with E-state index in [1.54, 1.807) is 31.0 Å². The summed E-state index contributed by atoms with van der Waals surface area (Å²) < 4.78 is 17.6. The normalized spacial score (nSPS) is 10.8. The van der Waals surface area contributed by atoms with Gasteiger partial charge in [0.15, 0.2) is 20.2 Å². The van der Waals surface area contributed by atoms with Crippen LogP contribution >= 0.6 is 34.9 Å². The third kappa shape index (κ3) is 6.62. The van der Waals surface area contributed by atoms with Crippen LogP contribution in [-0.4, -0.2) is 49.4 Å². The van der Waals surface area contributed by atoms with Gasteiger partial charge in [-0.05, 0) is 17.7 Å². The first-order valence-electron chi connectivity index (χ1n) is 9.38. The molecule has 1 amide bonds. The summed E-state index contributed by atoms with van der Waals surface area (Å²) in [5.41, 5.74) is 4.37. The molecule has 0 fully saturated rings. The third-order valence-corrected chi connectivity index (χ3v) is 7.31. The van der Waals surface area contributed by atoms with E-state index in [1.807, 2.05) is 18.2 Å². The number of amides is 1. The molecule has 0 bridgehead atoms. The summed E-state index contributed by atoms with van der Waals surface area (Å²) in [5, 5.41) is 12.3. The topological polar surface area (TPSA) is 94.9 Å². The highest BCUT2D eigenvalue weighted by Gasteiger charge is 2.15. The molecule has 0 aliphatic rings. The molecule has 0 spiro atoms. The van der Waals surface area contributed by atoms with Gasteiger partial charge in [0.05, 0.1) is 33.3 Å². The number of rotatable bonds is 11. The fourth-order valence-electron chi connectivity index (χ4n) is 2.59. The number of carbonyl (C=O) groups excluding carboxylic acids is 1. The maximum Gasteiger partial charge on any atom is 0.250 e. The van der Waals surface area contributed by atoms with Crippen LogP contribution in [0.5, 0.6) is 17.2 Å². The molecule has 1 heterocycles. The Bertz CT molecular complexity index is 1060. The number of hydrogen-bond acceptors (Lipinski definition) is 10. The van der Waals surface area contributed by atoms with Gasteiger partial charge in [-0.1, -0.05) is 65.2 Å². The van der Waals surface area contributed by atoms with Crippen molar-refractivity contribution in [3.63, 3.8) is 0 Å². The Balaban J connectivity index is 1.48. The largest absolute Gasteiger partial charge is 0.493 e. The van der Waals surface area contributed by atoms with Crippen molar-refractivity contribution in [3.05, 3.63) is 53.6 Å². The van der Waals surface area contributed by atoms with Crippen molar-refractivity contribution in [1.82, 2.24) is 15.6 Å². The average molecular weight is 491 g/mol. The number of aromatic nitrogens is 2. The fourth-order valence-corrected chi connectivity index (χ4v) is 5.36. The number of hydrazone groups is 1. The van der Waals surface area contributed by atoms with Gasteiger partial charge >= 0.3 is 0 Å². The van der Waals surface area contributed by atoms with Crippen LogP contribution in [0.3, 0.4) is 0 Å². The number of benzene rings is 2. The minimum Gasteiger partial charge on any atom is -0.493 e. The van der Waals surface area contributed by atoms with Gasteiger partial charge in [0.1, 0.15) is 0 Å². The van der Waals surface area contributed by atoms with Gasteiger partial charge in [0.25, 0.3) is 5.91 Å². The first-order chi connectivity index (χ1) is 15.6. The zero-order valence-corrected chi connectivity index (χ0v) is 20.2. The summed E-state index contributed by atoms with van der Waals surface area (Å²) in [4.78, 5) is 12.1. The van der Waals surface area contributed by atoms with Crippen molar-refractivity contribution in [3.8, 4) is 17.2 Å². The van der Waals surface area contributed by atoms with E-state index in [1.165, 1.54) is 49.1 Å². The van der Waals surface area contributed by atoms with E-state index in [2.05, 4.69) is 32.9 Å². The number of nitrogens with one attached hydrogen (secondary N) is 1. The zero-order valence-electron chi connectivity index (χ0n) is 17.7. The average Bonchev–Trinajstić information content (AvgIpc) is 3.29. The first kappa shape index (κ1) is 23.9. The van der Waals surface area contributed by atoms with Gasteiger partial charge in [0, 0.05) is 11.3 Å². The maximum atomic E-state index is 12.1. The number of carbonyl (C=O) groups is 1. The predicted molar refractivity (Wildman–Crippen MR) is 128 cm³/mol. The molecule has 1 aromatic heterocycles. The quantitative estimate of drug-likeness (QED) is 0.244. The summed E-state index contributed by atoms with van der Waals surface area (Å²) in [7, 11) is 4.60. The molecule has 0 saturated carbocycles. The van der Waals surface area contributed by atoms with Crippen LogP contribution in [0.4, 0.5) is 0 Å². The molecule has 0 aliphatic carbocycles. The summed E-state index contributed by atoms with van der Waals surface area (Å²) >= 11 is 4.42. The van der Waals surface area contributed by atoms with Crippen LogP contribution in [0.15, 0.2) is 56.2 Å². The van der Waals surface area contributed by atoms with Crippen LogP contribution in [0.1, 0.15) is 11.1 Å². The van der Waals surface area contributed by atoms with Crippen molar-refractivity contribution < 1.29 is 19.0 Å². The second-order valence-electron chi connectivity index (χ2n) is 6.11. The molecule has 0 radical (unpaired) electrons. The van der Waals surface area contributed by atoms with Crippen molar-refractivity contribution in [2.45, 2.75) is 14.4 Å². The number of nitrogens with zero attached hydrogens (tertiary/aromatic N) is 3. The van der Waals surface area contributed by atoms with Gasteiger partial charge in [0.2, 0.25) is 5.75 Å². The molecule has 0 atom stereocenters. The number of thioether (sulfide) groups is 2. The SMILES string of the molecule is COc1ccc(/C=N\NC(=O)CSc2nnc(SCc3ccccc3)s2)c(OC)c1OC. The zero-order chi connectivity index (χ0) is 22.8. The summed E-state index contributed by atoms with van der Waals surface area (Å²) in [6.07, 6.45) is 1.49. The van der Waals surface area contributed by atoms with E-state index < -0.39 is 0 Å². The molecule has 0 saturated heterocycles. The van der Waals surface area contributed by atoms with Crippen molar-refractivity contribution in [2.75, 3.05) is 27.1 Å². The van der Waals surface area contributed by atoms with E-state index in [9.17, 15) is 4.79 Å². The smallest absolute Gasteiger partial charge is 0.250 e. The van der Waals surface area contributed by atoms with Gasteiger partial charge in [-0.2, -0.15) is 5.10 Å². The fraction of sp³-hybridized carbons (Fsp3) is 0.238. The van der Waals surface area contributed by atoms with E-state index >= 15 is 0 Å². The molecule has 2 aromatic carbocycles. The van der Waals surface area contributed by atoms with Crippen LogP contribution in [0, 0.1) is 0 Å². The standard InChI is InChI=1S/C21H22N4O4S3/c1-27-16-10-9-15(18(28-2)19(16)29-3)11-22-23-17(26)13-31-21-25-24-20(32-21)30-12-14-7-5-4-6-8-14/h4-11H,12-13H2,1-3H3,(H,23,26)/b22-11-. The number of methoxy groups -OCH3 is 3.